The third-order valence-electron chi connectivity index (χ3n) is 5.45. The van der Waals surface area contributed by atoms with Crippen LogP contribution in [-0.2, 0) is 16.6 Å². The number of nitrogens with zero attached hydrogens (tertiary/aromatic N) is 4. The Morgan fingerprint density at radius 1 is 1.27 bits per heavy atom. The minimum absolute atomic E-state index is 0.0327. The molecule has 1 aliphatic heterocycles. The van der Waals surface area contributed by atoms with Crippen molar-refractivity contribution in [2.45, 2.75) is 26.3 Å². The van der Waals surface area contributed by atoms with Crippen LogP contribution in [-0.4, -0.2) is 63.6 Å². The molecule has 3 rings (SSSR count). The maximum atomic E-state index is 14.0. The highest BCUT2D eigenvalue weighted by molar-refractivity contribution is 6.46. The number of rotatable bonds is 6. The van der Waals surface area contributed by atoms with Crippen LogP contribution in [0.15, 0.2) is 29.8 Å². The zero-order valence-corrected chi connectivity index (χ0v) is 17.9. The molecule has 1 saturated heterocycles. The molecule has 0 unspecified atom stereocenters. The Hall–Kier alpha value is -3.00. The predicted octanol–water partition coefficient (Wildman–Crippen LogP) is 2.55. The Balaban J connectivity index is 2.16. The van der Waals surface area contributed by atoms with Gasteiger partial charge in [0.15, 0.2) is 0 Å². The first-order chi connectivity index (χ1) is 14.1. The van der Waals surface area contributed by atoms with E-state index in [0.29, 0.717) is 35.5 Å². The number of likely N-dealkylation sites (tertiary alicyclic amines) is 1. The van der Waals surface area contributed by atoms with E-state index in [2.05, 4.69) is 5.10 Å². The lowest BCUT2D eigenvalue weighted by molar-refractivity contribution is -0.139. The minimum atomic E-state index is -0.859. The van der Waals surface area contributed by atoms with E-state index in [1.807, 2.05) is 19.0 Å². The molecular formula is C22H27FN4O3. The van der Waals surface area contributed by atoms with Crippen LogP contribution in [0, 0.1) is 19.7 Å². The Bertz CT molecular complexity index is 1030. The lowest BCUT2D eigenvalue weighted by Crippen LogP contribution is -2.32. The predicted molar refractivity (Wildman–Crippen MR) is 111 cm³/mol. The van der Waals surface area contributed by atoms with Gasteiger partial charge in [0.05, 0.1) is 22.9 Å². The van der Waals surface area contributed by atoms with Crippen molar-refractivity contribution < 1.29 is 19.1 Å². The molecule has 1 fully saturated rings. The van der Waals surface area contributed by atoms with Crippen LogP contribution in [0.3, 0.4) is 0 Å². The molecule has 0 aliphatic carbocycles. The van der Waals surface area contributed by atoms with Crippen LogP contribution in [0.25, 0.3) is 5.76 Å². The molecule has 0 radical (unpaired) electrons. The van der Waals surface area contributed by atoms with E-state index >= 15 is 0 Å². The number of ketones is 1. The van der Waals surface area contributed by atoms with Gasteiger partial charge in [0.1, 0.15) is 11.6 Å². The monoisotopic (exact) mass is 414 g/mol. The number of hydrogen-bond acceptors (Lipinski definition) is 5. The van der Waals surface area contributed by atoms with Crippen molar-refractivity contribution in [1.82, 2.24) is 19.6 Å². The molecule has 1 aromatic heterocycles. The second-order valence-electron chi connectivity index (χ2n) is 7.87. The molecule has 0 bridgehead atoms. The van der Waals surface area contributed by atoms with Crippen molar-refractivity contribution in [3.63, 3.8) is 0 Å². The van der Waals surface area contributed by atoms with E-state index in [1.54, 1.807) is 31.6 Å². The standard InChI is InChI=1S/C22H27FN4O3/c1-13-17(14(2)26(5)24-13)20(28)18-19(15-8-6-9-16(23)12-15)27(22(30)21(18)29)11-7-10-25(3)4/h6,8-9,12,19,28H,7,10-11H2,1-5H3/t19-/m0/s1. The second kappa shape index (κ2) is 8.39. The first-order valence-electron chi connectivity index (χ1n) is 9.82. The number of aliphatic hydroxyl groups excluding tert-OH is 1. The molecule has 1 atom stereocenters. The summed E-state index contributed by atoms with van der Waals surface area (Å²) in [4.78, 5) is 29.3. The van der Waals surface area contributed by atoms with Gasteiger partial charge in [-0.1, -0.05) is 12.1 Å². The second-order valence-corrected chi connectivity index (χ2v) is 7.87. The zero-order valence-electron chi connectivity index (χ0n) is 17.9. The van der Waals surface area contributed by atoms with E-state index in [0.717, 1.165) is 6.54 Å². The average molecular weight is 414 g/mol. The highest BCUT2D eigenvalue weighted by atomic mass is 19.1. The number of Topliss-reactive ketones (excluding diaryl/α,β-unsaturated/α-hetero) is 1. The molecule has 30 heavy (non-hydrogen) atoms. The molecule has 160 valence electrons. The Morgan fingerprint density at radius 3 is 2.53 bits per heavy atom. The van der Waals surface area contributed by atoms with Gasteiger partial charge in [0.2, 0.25) is 0 Å². The Morgan fingerprint density at radius 2 is 1.97 bits per heavy atom. The van der Waals surface area contributed by atoms with Crippen LogP contribution >= 0.6 is 0 Å². The lowest BCUT2D eigenvalue weighted by Gasteiger charge is -2.26. The van der Waals surface area contributed by atoms with Crippen LogP contribution < -0.4 is 0 Å². The molecule has 0 spiro atoms. The number of hydrogen-bond donors (Lipinski definition) is 1. The van der Waals surface area contributed by atoms with E-state index in [9.17, 15) is 19.1 Å². The summed E-state index contributed by atoms with van der Waals surface area (Å²) in [5, 5.41) is 15.4. The molecule has 1 amide bonds. The summed E-state index contributed by atoms with van der Waals surface area (Å²) in [5.41, 5.74) is 2.05. The van der Waals surface area contributed by atoms with Crippen molar-refractivity contribution in [3.8, 4) is 0 Å². The summed E-state index contributed by atoms with van der Waals surface area (Å²) in [6, 6.07) is 4.94. The number of aliphatic hydroxyl groups is 1. The molecule has 1 aromatic carbocycles. The number of benzene rings is 1. The van der Waals surface area contributed by atoms with Crippen LogP contribution in [0.1, 0.15) is 35.0 Å². The lowest BCUT2D eigenvalue weighted by atomic mass is 9.94. The molecular weight excluding hydrogens is 387 g/mol. The molecule has 2 heterocycles. The van der Waals surface area contributed by atoms with Gasteiger partial charge in [-0.2, -0.15) is 5.10 Å². The number of aryl methyl sites for hydroxylation is 2. The summed E-state index contributed by atoms with van der Waals surface area (Å²) in [6.45, 7) is 4.54. The van der Waals surface area contributed by atoms with Gasteiger partial charge in [-0.25, -0.2) is 4.39 Å². The molecule has 0 saturated carbocycles. The zero-order chi connectivity index (χ0) is 22.2. The van der Waals surface area contributed by atoms with Gasteiger partial charge in [-0.3, -0.25) is 14.3 Å². The van der Waals surface area contributed by atoms with Crippen LogP contribution in [0.2, 0.25) is 0 Å². The first-order valence-corrected chi connectivity index (χ1v) is 9.82. The number of aromatic nitrogens is 2. The number of halogens is 1. The van der Waals surface area contributed by atoms with E-state index in [1.165, 1.54) is 23.1 Å². The van der Waals surface area contributed by atoms with Gasteiger partial charge in [-0.15, -0.1) is 0 Å². The van der Waals surface area contributed by atoms with E-state index in [4.69, 9.17) is 0 Å². The smallest absolute Gasteiger partial charge is 0.295 e. The van der Waals surface area contributed by atoms with Crippen molar-refractivity contribution in [1.29, 1.82) is 0 Å². The summed E-state index contributed by atoms with van der Waals surface area (Å²) < 4.78 is 15.6. The third-order valence-corrected chi connectivity index (χ3v) is 5.45. The van der Waals surface area contributed by atoms with E-state index < -0.39 is 23.5 Å². The van der Waals surface area contributed by atoms with Gasteiger partial charge in [0, 0.05) is 19.3 Å². The molecule has 8 heteroatoms. The fourth-order valence-corrected chi connectivity index (χ4v) is 3.94. The maximum absolute atomic E-state index is 14.0. The molecule has 1 aliphatic rings. The van der Waals surface area contributed by atoms with Crippen molar-refractivity contribution in [2.24, 2.45) is 7.05 Å². The van der Waals surface area contributed by atoms with Gasteiger partial charge in [-0.05, 0) is 58.6 Å². The van der Waals surface area contributed by atoms with Crippen molar-refractivity contribution in [3.05, 3.63) is 58.2 Å². The Kier molecular flexibility index (Phi) is 6.07. The maximum Gasteiger partial charge on any atom is 0.295 e. The highest BCUT2D eigenvalue weighted by Crippen LogP contribution is 2.40. The van der Waals surface area contributed by atoms with Crippen molar-refractivity contribution in [2.75, 3.05) is 27.2 Å². The topological polar surface area (TPSA) is 78.7 Å². The largest absolute Gasteiger partial charge is 0.507 e. The number of carbonyl (C=O) groups excluding carboxylic acids is 2. The number of carbonyl (C=O) groups is 2. The summed E-state index contributed by atoms with van der Waals surface area (Å²) >= 11 is 0. The SMILES string of the molecule is Cc1nn(C)c(C)c1C(O)=C1C(=O)C(=O)N(CCCN(C)C)[C@H]1c1cccc(F)c1. The summed E-state index contributed by atoms with van der Waals surface area (Å²) in [7, 11) is 5.58. The molecule has 1 N–H and O–H groups in total. The fraction of sp³-hybridized carbons (Fsp3) is 0.409. The van der Waals surface area contributed by atoms with Gasteiger partial charge in [0.25, 0.3) is 11.7 Å². The summed E-state index contributed by atoms with van der Waals surface area (Å²) in [6.07, 6.45) is 0.636. The summed E-state index contributed by atoms with van der Waals surface area (Å²) in [5.74, 6) is -2.21. The average Bonchev–Trinajstić information content (AvgIpc) is 3.07. The fourth-order valence-electron chi connectivity index (χ4n) is 3.94. The quantitative estimate of drug-likeness (QED) is 0.447. The minimum Gasteiger partial charge on any atom is -0.507 e. The Labute approximate surface area is 175 Å². The molecule has 2 aromatic rings. The van der Waals surface area contributed by atoms with E-state index in [-0.39, 0.29) is 11.3 Å². The molecule has 7 nitrogen and oxygen atoms in total. The van der Waals surface area contributed by atoms with Gasteiger partial charge < -0.3 is 14.9 Å². The first kappa shape index (κ1) is 21.7. The van der Waals surface area contributed by atoms with Crippen molar-refractivity contribution >= 4 is 17.4 Å². The normalized spacial score (nSPS) is 18.6. The third kappa shape index (κ3) is 3.87. The van der Waals surface area contributed by atoms with Crippen LogP contribution in [0.4, 0.5) is 4.39 Å². The highest BCUT2D eigenvalue weighted by Gasteiger charge is 2.46. The van der Waals surface area contributed by atoms with Crippen LogP contribution in [0.5, 0.6) is 0 Å². The van der Waals surface area contributed by atoms with Gasteiger partial charge >= 0.3 is 0 Å². The number of amides is 1.